The van der Waals surface area contributed by atoms with E-state index in [1.165, 1.54) is 12.8 Å². The number of amides is 3. The second-order valence-corrected chi connectivity index (χ2v) is 7.44. The van der Waals surface area contributed by atoms with Gasteiger partial charge in [-0.15, -0.1) is 0 Å². The van der Waals surface area contributed by atoms with Gasteiger partial charge in [0.2, 0.25) is 0 Å². The Morgan fingerprint density at radius 3 is 2.86 bits per heavy atom. The number of hydrogen-bond acceptors (Lipinski definition) is 4. The van der Waals surface area contributed by atoms with Crippen LogP contribution in [-0.4, -0.2) is 24.1 Å². The van der Waals surface area contributed by atoms with Crippen molar-refractivity contribution in [2.75, 3.05) is 10.6 Å². The Morgan fingerprint density at radius 1 is 1.21 bits per heavy atom. The predicted octanol–water partition coefficient (Wildman–Crippen LogP) is 4.05. The molecule has 3 amide bonds. The zero-order valence-corrected chi connectivity index (χ0v) is 16.4. The van der Waals surface area contributed by atoms with Crippen LogP contribution in [0, 0.1) is 0 Å². The molecule has 1 heterocycles. The number of fused-ring (bicyclic) bond motifs is 1. The van der Waals surface area contributed by atoms with Crippen molar-refractivity contribution in [3.8, 4) is 11.5 Å². The summed E-state index contributed by atoms with van der Waals surface area (Å²) in [6, 6.07) is 12.6. The van der Waals surface area contributed by atoms with E-state index in [0.29, 0.717) is 29.8 Å². The lowest BCUT2D eigenvalue weighted by Crippen LogP contribution is -2.34. The average Bonchev–Trinajstić information content (AvgIpc) is 3.21. The highest BCUT2D eigenvalue weighted by Gasteiger charge is 2.23. The van der Waals surface area contributed by atoms with E-state index in [4.69, 9.17) is 9.47 Å². The molecule has 152 valence electrons. The summed E-state index contributed by atoms with van der Waals surface area (Å²) in [4.78, 5) is 24.0. The minimum atomic E-state index is -0.530. The maximum Gasteiger partial charge on any atom is 0.319 e. The number of benzene rings is 2. The van der Waals surface area contributed by atoms with Crippen LogP contribution in [0.15, 0.2) is 42.5 Å². The molecule has 2 aliphatic rings. The SMILES string of the molecule is CC1Oc2ccc(NC(=O)NCc3cccc(OC4CCCC4)c3)cc2NC1=O. The van der Waals surface area contributed by atoms with Crippen LogP contribution in [0.2, 0.25) is 0 Å². The second kappa shape index (κ2) is 8.43. The molecular weight excluding hydrogens is 370 g/mol. The van der Waals surface area contributed by atoms with E-state index >= 15 is 0 Å². The highest BCUT2D eigenvalue weighted by molar-refractivity contribution is 5.99. The first kappa shape index (κ1) is 19.1. The van der Waals surface area contributed by atoms with E-state index in [1.807, 2.05) is 24.3 Å². The third-order valence-corrected chi connectivity index (χ3v) is 5.12. The van der Waals surface area contributed by atoms with Gasteiger partial charge in [-0.05, 0) is 68.5 Å². The second-order valence-electron chi connectivity index (χ2n) is 7.44. The molecular formula is C22H25N3O4. The molecule has 4 rings (SSSR count). The topological polar surface area (TPSA) is 88.7 Å². The molecule has 1 unspecified atom stereocenters. The normalized spacial score (nSPS) is 18.4. The Labute approximate surface area is 169 Å². The third-order valence-electron chi connectivity index (χ3n) is 5.12. The highest BCUT2D eigenvalue weighted by Crippen LogP contribution is 2.32. The Hall–Kier alpha value is -3.22. The number of rotatable bonds is 5. The lowest BCUT2D eigenvalue weighted by Gasteiger charge is -2.23. The van der Waals surface area contributed by atoms with E-state index in [-0.39, 0.29) is 11.9 Å². The summed E-state index contributed by atoms with van der Waals surface area (Å²) in [7, 11) is 0. The molecule has 1 fully saturated rings. The van der Waals surface area contributed by atoms with Crippen LogP contribution in [-0.2, 0) is 11.3 Å². The van der Waals surface area contributed by atoms with Crippen LogP contribution >= 0.6 is 0 Å². The van der Waals surface area contributed by atoms with Crippen molar-refractivity contribution in [1.29, 1.82) is 0 Å². The lowest BCUT2D eigenvalue weighted by molar-refractivity contribution is -0.122. The fourth-order valence-electron chi connectivity index (χ4n) is 3.57. The predicted molar refractivity (Wildman–Crippen MR) is 110 cm³/mol. The summed E-state index contributed by atoms with van der Waals surface area (Å²) in [5.74, 6) is 1.22. The molecule has 0 radical (unpaired) electrons. The number of carbonyl (C=O) groups is 2. The molecule has 2 aromatic carbocycles. The third kappa shape index (κ3) is 4.80. The minimum Gasteiger partial charge on any atom is -0.490 e. The van der Waals surface area contributed by atoms with Crippen molar-refractivity contribution in [3.63, 3.8) is 0 Å². The van der Waals surface area contributed by atoms with E-state index in [9.17, 15) is 9.59 Å². The van der Waals surface area contributed by atoms with Gasteiger partial charge in [-0.25, -0.2) is 4.79 Å². The lowest BCUT2D eigenvalue weighted by atomic mass is 10.2. The maximum absolute atomic E-state index is 12.3. The summed E-state index contributed by atoms with van der Waals surface area (Å²) in [6.07, 6.45) is 4.44. The first-order valence-electron chi connectivity index (χ1n) is 9.99. The zero-order chi connectivity index (χ0) is 20.2. The van der Waals surface area contributed by atoms with Crippen molar-refractivity contribution in [1.82, 2.24) is 5.32 Å². The molecule has 29 heavy (non-hydrogen) atoms. The molecule has 0 spiro atoms. The van der Waals surface area contributed by atoms with Gasteiger partial charge < -0.3 is 25.4 Å². The fourth-order valence-corrected chi connectivity index (χ4v) is 3.57. The van der Waals surface area contributed by atoms with Crippen LogP contribution in [0.3, 0.4) is 0 Å². The summed E-state index contributed by atoms with van der Waals surface area (Å²) in [6.45, 7) is 2.07. The number of urea groups is 1. The molecule has 2 aromatic rings. The van der Waals surface area contributed by atoms with Gasteiger partial charge in [-0.1, -0.05) is 12.1 Å². The Bertz CT molecular complexity index is 909. The van der Waals surface area contributed by atoms with Gasteiger partial charge in [0.05, 0.1) is 11.8 Å². The molecule has 0 aromatic heterocycles. The van der Waals surface area contributed by atoms with Crippen molar-refractivity contribution in [2.45, 2.75) is 51.4 Å². The Morgan fingerprint density at radius 2 is 2.03 bits per heavy atom. The minimum absolute atomic E-state index is 0.209. The van der Waals surface area contributed by atoms with E-state index in [1.54, 1.807) is 25.1 Å². The standard InChI is InChI=1S/C22H25N3O4/c1-14-21(26)25-19-12-16(9-10-20(19)28-14)24-22(27)23-13-15-5-4-8-18(11-15)29-17-6-2-3-7-17/h4-5,8-12,14,17H,2-3,6-7,13H2,1H3,(H,25,26)(H2,23,24,27). The van der Waals surface area contributed by atoms with Gasteiger partial charge >= 0.3 is 6.03 Å². The van der Waals surface area contributed by atoms with Crippen molar-refractivity contribution in [2.24, 2.45) is 0 Å². The highest BCUT2D eigenvalue weighted by atomic mass is 16.5. The van der Waals surface area contributed by atoms with Crippen LogP contribution < -0.4 is 25.4 Å². The number of nitrogens with one attached hydrogen (secondary N) is 3. The first-order valence-corrected chi connectivity index (χ1v) is 9.99. The average molecular weight is 395 g/mol. The van der Waals surface area contributed by atoms with Gasteiger partial charge in [0, 0.05) is 12.2 Å². The van der Waals surface area contributed by atoms with Gasteiger partial charge in [0.1, 0.15) is 11.5 Å². The Kier molecular flexibility index (Phi) is 5.55. The number of ether oxygens (including phenoxy) is 2. The molecule has 1 aliphatic heterocycles. The number of anilines is 2. The maximum atomic E-state index is 12.3. The van der Waals surface area contributed by atoms with E-state index in [2.05, 4.69) is 16.0 Å². The summed E-state index contributed by atoms with van der Waals surface area (Å²) >= 11 is 0. The van der Waals surface area contributed by atoms with Crippen LogP contribution in [0.1, 0.15) is 38.2 Å². The van der Waals surface area contributed by atoms with E-state index in [0.717, 1.165) is 24.2 Å². The van der Waals surface area contributed by atoms with Gasteiger partial charge in [0.25, 0.3) is 5.91 Å². The molecule has 3 N–H and O–H groups in total. The smallest absolute Gasteiger partial charge is 0.319 e. The summed E-state index contributed by atoms with van der Waals surface area (Å²) in [5, 5.41) is 8.38. The van der Waals surface area contributed by atoms with E-state index < -0.39 is 6.10 Å². The Balaban J connectivity index is 1.31. The van der Waals surface area contributed by atoms with Crippen molar-refractivity contribution in [3.05, 3.63) is 48.0 Å². The molecule has 1 atom stereocenters. The molecule has 7 nitrogen and oxygen atoms in total. The molecule has 7 heteroatoms. The molecule has 0 bridgehead atoms. The summed E-state index contributed by atoms with van der Waals surface area (Å²) < 4.78 is 11.5. The van der Waals surface area contributed by atoms with Crippen molar-refractivity contribution >= 4 is 23.3 Å². The van der Waals surface area contributed by atoms with Gasteiger partial charge in [0.15, 0.2) is 6.10 Å². The first-order chi connectivity index (χ1) is 14.1. The van der Waals surface area contributed by atoms with Gasteiger partial charge in [-0.2, -0.15) is 0 Å². The van der Waals surface area contributed by atoms with Gasteiger partial charge in [-0.3, -0.25) is 4.79 Å². The fraction of sp³-hybridized carbons (Fsp3) is 0.364. The monoisotopic (exact) mass is 395 g/mol. The van der Waals surface area contributed by atoms with Crippen LogP contribution in [0.4, 0.5) is 16.2 Å². The molecule has 1 saturated carbocycles. The number of carbonyl (C=O) groups excluding carboxylic acids is 2. The van der Waals surface area contributed by atoms with Crippen LogP contribution in [0.25, 0.3) is 0 Å². The molecule has 1 aliphatic carbocycles. The zero-order valence-electron chi connectivity index (χ0n) is 16.4. The van der Waals surface area contributed by atoms with Crippen molar-refractivity contribution < 1.29 is 19.1 Å². The van der Waals surface area contributed by atoms with Crippen LogP contribution in [0.5, 0.6) is 11.5 Å². The quantitative estimate of drug-likeness (QED) is 0.713. The largest absolute Gasteiger partial charge is 0.490 e. The molecule has 0 saturated heterocycles. The summed E-state index contributed by atoms with van der Waals surface area (Å²) in [5.41, 5.74) is 2.08. The number of hydrogen-bond donors (Lipinski definition) is 3.